The minimum absolute atomic E-state index is 0. The van der Waals surface area contributed by atoms with E-state index in [4.69, 9.17) is 21.1 Å². The van der Waals surface area contributed by atoms with Crippen LogP contribution >= 0.6 is 24.0 Å². The summed E-state index contributed by atoms with van der Waals surface area (Å²) in [5.41, 5.74) is 2.23. The van der Waals surface area contributed by atoms with E-state index in [1.54, 1.807) is 26.6 Å². The highest BCUT2D eigenvalue weighted by Crippen LogP contribution is 2.35. The van der Waals surface area contributed by atoms with Crippen molar-refractivity contribution < 1.29 is 9.47 Å². The first-order valence-electron chi connectivity index (χ1n) is 6.24. The molecule has 0 aliphatic carbocycles. The van der Waals surface area contributed by atoms with E-state index in [0.29, 0.717) is 23.1 Å². The standard InChI is InChI=1S/C15H17ClN2O2.ClH/c1-19-14-8-12(7-13(16)15(14)20-2)10-18-9-11-3-5-17-6-4-11;/h3-8,18H,9-10H2,1-2H3;1H. The molecular weight excluding hydrogens is 311 g/mol. The molecule has 0 aliphatic rings. The Bertz CT molecular complexity index is 565. The third-order valence-electron chi connectivity index (χ3n) is 2.90. The second kappa shape index (κ2) is 8.72. The number of nitrogens with zero attached hydrogens (tertiary/aromatic N) is 1. The molecule has 6 heteroatoms. The van der Waals surface area contributed by atoms with Crippen LogP contribution in [-0.4, -0.2) is 19.2 Å². The highest BCUT2D eigenvalue weighted by Gasteiger charge is 2.10. The molecule has 0 unspecified atom stereocenters. The maximum absolute atomic E-state index is 6.17. The third kappa shape index (κ3) is 4.77. The summed E-state index contributed by atoms with van der Waals surface area (Å²) in [4.78, 5) is 3.99. The Hall–Kier alpha value is -1.49. The van der Waals surface area contributed by atoms with Gasteiger partial charge in [0.15, 0.2) is 11.5 Å². The van der Waals surface area contributed by atoms with Crippen molar-refractivity contribution in [1.82, 2.24) is 10.3 Å². The number of rotatable bonds is 6. The van der Waals surface area contributed by atoms with E-state index >= 15 is 0 Å². The van der Waals surface area contributed by atoms with Crippen molar-refractivity contribution in [1.29, 1.82) is 0 Å². The maximum Gasteiger partial charge on any atom is 0.179 e. The van der Waals surface area contributed by atoms with Crippen molar-refractivity contribution >= 4 is 24.0 Å². The van der Waals surface area contributed by atoms with E-state index in [1.807, 2.05) is 24.3 Å². The summed E-state index contributed by atoms with van der Waals surface area (Å²) in [6.45, 7) is 1.47. The molecule has 1 N–H and O–H groups in total. The van der Waals surface area contributed by atoms with Crippen molar-refractivity contribution in [3.05, 3.63) is 52.8 Å². The van der Waals surface area contributed by atoms with Gasteiger partial charge in [0.2, 0.25) is 0 Å². The quantitative estimate of drug-likeness (QED) is 0.881. The molecule has 0 aliphatic heterocycles. The Morgan fingerprint density at radius 3 is 2.33 bits per heavy atom. The molecule has 0 fully saturated rings. The van der Waals surface area contributed by atoms with Crippen LogP contribution in [0.5, 0.6) is 11.5 Å². The van der Waals surface area contributed by atoms with Crippen molar-refractivity contribution in [3.63, 3.8) is 0 Å². The molecule has 114 valence electrons. The molecule has 1 aromatic carbocycles. The van der Waals surface area contributed by atoms with Gasteiger partial charge in [-0.15, -0.1) is 12.4 Å². The van der Waals surface area contributed by atoms with Gasteiger partial charge in [-0.1, -0.05) is 11.6 Å². The molecule has 0 atom stereocenters. The Labute approximate surface area is 135 Å². The van der Waals surface area contributed by atoms with Crippen molar-refractivity contribution in [2.75, 3.05) is 14.2 Å². The molecule has 2 rings (SSSR count). The fourth-order valence-electron chi connectivity index (χ4n) is 1.93. The number of pyridine rings is 1. The number of hydrogen-bond acceptors (Lipinski definition) is 4. The molecule has 4 nitrogen and oxygen atoms in total. The minimum atomic E-state index is 0. The van der Waals surface area contributed by atoms with Gasteiger partial charge in [-0.05, 0) is 35.4 Å². The van der Waals surface area contributed by atoms with Gasteiger partial charge in [-0.2, -0.15) is 0 Å². The summed E-state index contributed by atoms with van der Waals surface area (Å²) in [6.07, 6.45) is 3.56. The summed E-state index contributed by atoms with van der Waals surface area (Å²) in [5, 5.41) is 3.90. The molecule has 0 spiro atoms. The van der Waals surface area contributed by atoms with Gasteiger partial charge in [0.25, 0.3) is 0 Å². The first-order chi connectivity index (χ1) is 9.74. The van der Waals surface area contributed by atoms with Crippen LogP contribution in [0.2, 0.25) is 5.02 Å². The third-order valence-corrected chi connectivity index (χ3v) is 3.18. The molecular formula is C15H18Cl2N2O2. The lowest BCUT2D eigenvalue weighted by molar-refractivity contribution is 0.354. The highest BCUT2D eigenvalue weighted by molar-refractivity contribution is 6.32. The largest absolute Gasteiger partial charge is 0.493 e. The normalized spacial score (nSPS) is 9.86. The summed E-state index contributed by atoms with van der Waals surface area (Å²) in [7, 11) is 3.17. The van der Waals surface area contributed by atoms with Gasteiger partial charge >= 0.3 is 0 Å². The van der Waals surface area contributed by atoms with Crippen molar-refractivity contribution in [2.24, 2.45) is 0 Å². The molecule has 0 radical (unpaired) electrons. The van der Waals surface area contributed by atoms with E-state index in [0.717, 1.165) is 12.1 Å². The van der Waals surface area contributed by atoms with Gasteiger partial charge in [-0.25, -0.2) is 0 Å². The van der Waals surface area contributed by atoms with Crippen LogP contribution in [0.15, 0.2) is 36.7 Å². The fourth-order valence-corrected chi connectivity index (χ4v) is 2.24. The predicted octanol–water partition coefficient (Wildman–Crippen LogP) is 3.46. The Morgan fingerprint density at radius 2 is 1.71 bits per heavy atom. The lowest BCUT2D eigenvalue weighted by Gasteiger charge is -2.12. The summed E-state index contributed by atoms with van der Waals surface area (Å²) >= 11 is 6.17. The van der Waals surface area contributed by atoms with Crippen molar-refractivity contribution in [3.8, 4) is 11.5 Å². The van der Waals surface area contributed by atoms with E-state index in [1.165, 1.54) is 5.56 Å². The summed E-state index contributed by atoms with van der Waals surface area (Å²) < 4.78 is 10.5. The van der Waals surface area contributed by atoms with Gasteiger partial charge in [-0.3, -0.25) is 4.98 Å². The van der Waals surface area contributed by atoms with Crippen LogP contribution in [0.25, 0.3) is 0 Å². The molecule has 0 saturated carbocycles. The summed E-state index contributed by atoms with van der Waals surface area (Å²) in [6, 6.07) is 7.76. The van der Waals surface area contributed by atoms with Crippen LogP contribution < -0.4 is 14.8 Å². The van der Waals surface area contributed by atoms with Gasteiger partial charge in [0, 0.05) is 25.5 Å². The predicted molar refractivity (Wildman–Crippen MR) is 86.6 cm³/mol. The highest BCUT2D eigenvalue weighted by atomic mass is 35.5. The number of benzene rings is 1. The van der Waals surface area contributed by atoms with E-state index in [-0.39, 0.29) is 12.4 Å². The van der Waals surface area contributed by atoms with Crippen LogP contribution in [0.3, 0.4) is 0 Å². The smallest absolute Gasteiger partial charge is 0.179 e. The maximum atomic E-state index is 6.17. The number of methoxy groups -OCH3 is 2. The molecule has 1 aromatic heterocycles. The number of ether oxygens (including phenoxy) is 2. The zero-order valence-corrected chi connectivity index (χ0v) is 13.5. The van der Waals surface area contributed by atoms with Gasteiger partial charge in [0.05, 0.1) is 19.2 Å². The zero-order valence-electron chi connectivity index (χ0n) is 11.9. The Kier molecular flexibility index (Phi) is 7.29. The lowest BCUT2D eigenvalue weighted by Crippen LogP contribution is -2.12. The number of nitrogens with one attached hydrogen (secondary N) is 1. The first-order valence-corrected chi connectivity index (χ1v) is 6.62. The molecule has 1 heterocycles. The monoisotopic (exact) mass is 328 g/mol. The average Bonchev–Trinajstić information content (AvgIpc) is 2.47. The number of aromatic nitrogens is 1. The Balaban J connectivity index is 0.00000220. The lowest BCUT2D eigenvalue weighted by atomic mass is 10.2. The van der Waals surface area contributed by atoms with E-state index in [9.17, 15) is 0 Å². The minimum Gasteiger partial charge on any atom is -0.493 e. The molecule has 0 saturated heterocycles. The van der Waals surface area contributed by atoms with Gasteiger partial charge in [0.1, 0.15) is 0 Å². The summed E-state index contributed by atoms with van der Waals surface area (Å²) in [5.74, 6) is 1.20. The van der Waals surface area contributed by atoms with E-state index < -0.39 is 0 Å². The van der Waals surface area contributed by atoms with Crippen LogP contribution in [0.1, 0.15) is 11.1 Å². The molecule has 21 heavy (non-hydrogen) atoms. The molecule has 0 amide bonds. The SMILES string of the molecule is COc1cc(CNCc2ccncc2)cc(Cl)c1OC.Cl. The second-order valence-electron chi connectivity index (χ2n) is 4.27. The Morgan fingerprint density at radius 1 is 1.05 bits per heavy atom. The van der Waals surface area contributed by atoms with Gasteiger partial charge < -0.3 is 14.8 Å². The molecule has 0 bridgehead atoms. The second-order valence-corrected chi connectivity index (χ2v) is 4.68. The number of halogens is 2. The molecule has 2 aromatic rings. The van der Waals surface area contributed by atoms with Crippen LogP contribution in [0.4, 0.5) is 0 Å². The topological polar surface area (TPSA) is 43.4 Å². The number of hydrogen-bond donors (Lipinski definition) is 1. The average molecular weight is 329 g/mol. The fraction of sp³-hybridized carbons (Fsp3) is 0.267. The van der Waals surface area contributed by atoms with Crippen molar-refractivity contribution in [2.45, 2.75) is 13.1 Å². The van der Waals surface area contributed by atoms with E-state index in [2.05, 4.69) is 10.3 Å². The van der Waals surface area contributed by atoms with Crippen LogP contribution in [0, 0.1) is 0 Å². The van der Waals surface area contributed by atoms with Crippen LogP contribution in [-0.2, 0) is 13.1 Å². The zero-order chi connectivity index (χ0) is 14.4. The first kappa shape index (κ1) is 17.6.